The summed E-state index contributed by atoms with van der Waals surface area (Å²) in [6.07, 6.45) is 4.57. The van der Waals surface area contributed by atoms with Gasteiger partial charge in [0.1, 0.15) is 0 Å². The minimum absolute atomic E-state index is 0.0641. The van der Waals surface area contributed by atoms with E-state index in [9.17, 15) is 13.2 Å². The van der Waals surface area contributed by atoms with Gasteiger partial charge >= 0.3 is 0 Å². The third-order valence-corrected chi connectivity index (χ3v) is 5.23. The lowest BCUT2D eigenvalue weighted by molar-refractivity contribution is -0.111. The quantitative estimate of drug-likeness (QED) is 0.465. The predicted octanol–water partition coefficient (Wildman–Crippen LogP) is 3.66. The van der Waals surface area contributed by atoms with Gasteiger partial charge in [-0.3, -0.25) is 4.79 Å². The summed E-state index contributed by atoms with van der Waals surface area (Å²) in [5, 5.41) is 0. The number of amidine groups is 1. The van der Waals surface area contributed by atoms with Crippen LogP contribution in [-0.2, 0) is 14.8 Å². The highest BCUT2D eigenvalue weighted by Crippen LogP contribution is 2.16. The molecule has 136 valence electrons. The Morgan fingerprint density at radius 1 is 0.889 bits per heavy atom. The first-order chi connectivity index (χ1) is 12.8. The largest absolute Gasteiger partial charge is 0.290 e. The van der Waals surface area contributed by atoms with E-state index in [1.54, 1.807) is 55.5 Å². The molecule has 0 spiro atoms. The van der Waals surface area contributed by atoms with Crippen molar-refractivity contribution in [1.29, 1.82) is 0 Å². The van der Waals surface area contributed by atoms with Crippen molar-refractivity contribution in [2.75, 3.05) is 0 Å². The molecular weight excluding hydrogens is 360 g/mol. The molecule has 0 aromatic heterocycles. The molecule has 6 heteroatoms. The fourth-order valence-corrected chi connectivity index (χ4v) is 3.39. The Morgan fingerprint density at radius 2 is 1.56 bits per heavy atom. The molecule has 0 atom stereocenters. The van der Waals surface area contributed by atoms with Crippen LogP contribution < -0.4 is 0 Å². The molecule has 5 nitrogen and oxygen atoms in total. The van der Waals surface area contributed by atoms with Gasteiger partial charge in [0.2, 0.25) is 0 Å². The predicted molar refractivity (Wildman–Crippen MR) is 107 cm³/mol. The van der Waals surface area contributed by atoms with E-state index < -0.39 is 10.0 Å². The van der Waals surface area contributed by atoms with Crippen molar-refractivity contribution >= 4 is 27.4 Å². The van der Waals surface area contributed by atoms with E-state index in [1.807, 2.05) is 13.0 Å². The highest BCUT2D eigenvalue weighted by Gasteiger charge is 2.16. The van der Waals surface area contributed by atoms with Crippen molar-refractivity contribution in [2.45, 2.75) is 18.7 Å². The molecule has 0 heterocycles. The maximum Gasteiger partial charge on any atom is 0.284 e. The summed E-state index contributed by atoms with van der Waals surface area (Å²) in [7, 11) is -3.93. The first kappa shape index (κ1) is 18.7. The first-order valence-electron chi connectivity index (χ1n) is 8.32. The lowest BCUT2D eigenvalue weighted by atomic mass is 10.1. The number of hydrogen-bond donors (Lipinski definition) is 0. The highest BCUT2D eigenvalue weighted by molar-refractivity contribution is 7.90. The SMILES string of the molecule is CC1=CC(=N/C(=N\S(=O)(=O)c2ccc(C)cc2)c2ccccc2)C=CC1=O. The number of hydrogen-bond acceptors (Lipinski definition) is 3. The van der Waals surface area contributed by atoms with Crippen LogP contribution in [0.15, 0.2) is 92.7 Å². The number of aryl methyl sites for hydroxylation is 1. The Bertz CT molecular complexity index is 1090. The number of benzene rings is 2. The lowest BCUT2D eigenvalue weighted by Gasteiger charge is -2.07. The average molecular weight is 378 g/mol. The van der Waals surface area contributed by atoms with E-state index in [4.69, 9.17) is 0 Å². The smallest absolute Gasteiger partial charge is 0.284 e. The number of nitrogens with zero attached hydrogens (tertiary/aromatic N) is 2. The minimum Gasteiger partial charge on any atom is -0.290 e. The first-order valence-corrected chi connectivity index (χ1v) is 9.76. The standard InChI is InChI=1S/C21H18N2O3S/c1-15-8-11-19(12-9-15)27(25,26)23-21(17-6-4-3-5-7-17)22-18-10-13-20(24)16(2)14-18/h3-14H,1-2H3/b22-18?,23-21-. The molecule has 0 saturated heterocycles. The van der Waals surface area contributed by atoms with Gasteiger partial charge in [0.25, 0.3) is 10.0 Å². The zero-order valence-electron chi connectivity index (χ0n) is 15.0. The summed E-state index contributed by atoms with van der Waals surface area (Å²) in [6.45, 7) is 3.57. The summed E-state index contributed by atoms with van der Waals surface area (Å²) in [5.74, 6) is -0.0337. The molecule has 27 heavy (non-hydrogen) atoms. The maximum atomic E-state index is 12.7. The molecule has 0 fully saturated rings. The molecule has 0 radical (unpaired) electrons. The Morgan fingerprint density at radius 3 is 2.19 bits per heavy atom. The summed E-state index contributed by atoms with van der Waals surface area (Å²) < 4.78 is 29.5. The van der Waals surface area contributed by atoms with E-state index in [-0.39, 0.29) is 16.5 Å². The number of sulfonamides is 1. The molecule has 2 aromatic rings. The van der Waals surface area contributed by atoms with Gasteiger partial charge in [0, 0.05) is 5.56 Å². The molecule has 1 aliphatic rings. The van der Waals surface area contributed by atoms with Crippen LogP contribution in [0.2, 0.25) is 0 Å². The van der Waals surface area contributed by atoms with E-state index in [2.05, 4.69) is 9.39 Å². The van der Waals surface area contributed by atoms with Crippen LogP contribution in [-0.4, -0.2) is 25.7 Å². The Labute approximate surface area is 158 Å². The van der Waals surface area contributed by atoms with Crippen LogP contribution in [0.4, 0.5) is 0 Å². The van der Waals surface area contributed by atoms with Crippen LogP contribution in [0.25, 0.3) is 0 Å². The second kappa shape index (κ2) is 7.63. The van der Waals surface area contributed by atoms with Gasteiger partial charge in [-0.15, -0.1) is 4.40 Å². The Kier molecular flexibility index (Phi) is 5.28. The van der Waals surface area contributed by atoms with Crippen LogP contribution >= 0.6 is 0 Å². The number of carbonyl (C=O) groups is 1. The van der Waals surface area contributed by atoms with Crippen molar-refractivity contribution in [3.05, 3.63) is 89.5 Å². The fraction of sp³-hybridized carbons (Fsp3) is 0.0952. The molecule has 0 aliphatic heterocycles. The molecule has 3 rings (SSSR count). The third-order valence-electron chi connectivity index (χ3n) is 3.95. The van der Waals surface area contributed by atoms with Gasteiger partial charge in [-0.1, -0.05) is 48.0 Å². The van der Waals surface area contributed by atoms with Crippen molar-refractivity contribution in [3.8, 4) is 0 Å². The van der Waals surface area contributed by atoms with Crippen LogP contribution in [0.5, 0.6) is 0 Å². The second-order valence-electron chi connectivity index (χ2n) is 6.13. The van der Waals surface area contributed by atoms with Gasteiger partial charge in [-0.05, 0) is 49.8 Å². The molecule has 0 saturated carbocycles. The van der Waals surface area contributed by atoms with Crippen molar-refractivity contribution in [2.24, 2.45) is 9.39 Å². The molecule has 0 amide bonds. The van der Waals surface area contributed by atoms with Gasteiger partial charge in [0.05, 0.1) is 10.6 Å². The number of ketones is 1. The average Bonchev–Trinajstić information content (AvgIpc) is 2.65. The summed E-state index contributed by atoms with van der Waals surface area (Å²) in [5.41, 5.74) is 2.52. The van der Waals surface area contributed by atoms with Gasteiger partial charge in [-0.25, -0.2) is 4.99 Å². The van der Waals surface area contributed by atoms with E-state index in [1.165, 1.54) is 18.2 Å². The maximum absolute atomic E-state index is 12.7. The number of aliphatic imine (C=N–C) groups is 1. The summed E-state index contributed by atoms with van der Waals surface area (Å²) >= 11 is 0. The minimum atomic E-state index is -3.93. The van der Waals surface area contributed by atoms with E-state index in [0.717, 1.165) is 5.56 Å². The van der Waals surface area contributed by atoms with E-state index >= 15 is 0 Å². The number of rotatable bonds is 3. The molecule has 0 bridgehead atoms. The molecule has 0 N–H and O–H groups in total. The Hall–Kier alpha value is -3.12. The molecule has 1 aliphatic carbocycles. The third kappa shape index (κ3) is 4.54. The number of carbonyl (C=O) groups excluding carboxylic acids is 1. The lowest BCUT2D eigenvalue weighted by Crippen LogP contribution is -2.10. The van der Waals surface area contributed by atoms with E-state index in [0.29, 0.717) is 16.8 Å². The van der Waals surface area contributed by atoms with Crippen molar-refractivity contribution in [3.63, 3.8) is 0 Å². The van der Waals surface area contributed by atoms with Crippen LogP contribution in [0, 0.1) is 6.92 Å². The number of allylic oxidation sites excluding steroid dienone is 4. The molecular formula is C21H18N2O3S. The van der Waals surface area contributed by atoms with Gasteiger partial charge < -0.3 is 0 Å². The fourth-order valence-electron chi connectivity index (χ4n) is 2.43. The Balaban J connectivity index is 2.11. The molecule has 0 unspecified atom stereocenters. The summed E-state index contributed by atoms with van der Waals surface area (Å²) in [6, 6.07) is 15.3. The normalized spacial score (nSPS) is 16.5. The molecule has 2 aromatic carbocycles. The monoisotopic (exact) mass is 378 g/mol. The van der Waals surface area contributed by atoms with Crippen LogP contribution in [0.3, 0.4) is 0 Å². The highest BCUT2D eigenvalue weighted by atomic mass is 32.2. The van der Waals surface area contributed by atoms with Crippen LogP contribution in [0.1, 0.15) is 18.1 Å². The van der Waals surface area contributed by atoms with Crippen molar-refractivity contribution in [1.82, 2.24) is 0 Å². The summed E-state index contributed by atoms with van der Waals surface area (Å²) in [4.78, 5) is 16.1. The van der Waals surface area contributed by atoms with Gasteiger partial charge in [-0.2, -0.15) is 8.42 Å². The van der Waals surface area contributed by atoms with Gasteiger partial charge in [0.15, 0.2) is 11.6 Å². The second-order valence-corrected chi connectivity index (χ2v) is 7.73. The van der Waals surface area contributed by atoms with Crippen molar-refractivity contribution < 1.29 is 13.2 Å². The topological polar surface area (TPSA) is 75.9 Å². The zero-order chi connectivity index (χ0) is 19.4. The zero-order valence-corrected chi connectivity index (χ0v) is 15.8.